The fourth-order valence-corrected chi connectivity index (χ4v) is 10.6. The molecule has 0 spiro atoms. The average Bonchev–Trinajstić information content (AvgIpc) is 3.95. The third-order valence-electron chi connectivity index (χ3n) is 11.7. The lowest BCUT2D eigenvalue weighted by Gasteiger charge is -2.12. The Morgan fingerprint density at radius 3 is 1.35 bits per heavy atom. The van der Waals surface area contributed by atoms with Gasteiger partial charge in [0.1, 0.15) is 0 Å². The zero-order chi connectivity index (χ0) is 37.5. The molecule has 0 aliphatic rings. The first-order valence-electron chi connectivity index (χ1n) is 19.5. The summed E-state index contributed by atoms with van der Waals surface area (Å²) in [7, 11) is 0. The standard InChI is InChI=1S/C54H34N2S/c1-3-14-35(15-4-1)36-28-30-39(31-29-36)55-47-26-9-7-20-45(47)51-49(55)32-33-50-52(51)46-21-8-10-27-48(46)56(50)40-19-11-18-38(34-40)42-23-13-25-44-43-24-12-22-41(53(43)57-54(42)44)37-16-5-2-6-17-37/h1-34H. The molecular formula is C54H34N2S. The van der Waals surface area contributed by atoms with Crippen LogP contribution in [0.2, 0.25) is 0 Å². The van der Waals surface area contributed by atoms with Gasteiger partial charge in [-0.15, -0.1) is 11.3 Å². The van der Waals surface area contributed by atoms with Crippen molar-refractivity contribution >= 4 is 75.1 Å². The Morgan fingerprint density at radius 1 is 0.281 bits per heavy atom. The highest BCUT2D eigenvalue weighted by molar-refractivity contribution is 7.26. The van der Waals surface area contributed by atoms with Gasteiger partial charge in [-0.1, -0.05) is 158 Å². The van der Waals surface area contributed by atoms with Crippen LogP contribution in [-0.2, 0) is 0 Å². The molecule has 0 radical (unpaired) electrons. The van der Waals surface area contributed by atoms with E-state index in [1.165, 1.54) is 97.2 Å². The highest BCUT2D eigenvalue weighted by atomic mass is 32.1. The molecule has 0 fully saturated rings. The first kappa shape index (κ1) is 32.1. The van der Waals surface area contributed by atoms with Gasteiger partial charge >= 0.3 is 0 Å². The topological polar surface area (TPSA) is 9.86 Å². The van der Waals surface area contributed by atoms with E-state index in [2.05, 4.69) is 215 Å². The van der Waals surface area contributed by atoms with E-state index < -0.39 is 0 Å². The summed E-state index contributed by atoms with van der Waals surface area (Å²) in [5.41, 5.74) is 14.6. The molecule has 2 nitrogen and oxygen atoms in total. The van der Waals surface area contributed by atoms with Crippen LogP contribution >= 0.6 is 11.3 Å². The summed E-state index contributed by atoms with van der Waals surface area (Å²) in [5, 5.41) is 7.70. The fraction of sp³-hybridized carbons (Fsp3) is 0. The van der Waals surface area contributed by atoms with Crippen LogP contribution in [0.1, 0.15) is 0 Å². The van der Waals surface area contributed by atoms with Gasteiger partial charge in [0.2, 0.25) is 0 Å². The average molecular weight is 743 g/mol. The van der Waals surface area contributed by atoms with Crippen LogP contribution in [0, 0.1) is 0 Å². The number of hydrogen-bond acceptors (Lipinski definition) is 1. The highest BCUT2D eigenvalue weighted by Crippen LogP contribution is 2.46. The number of fused-ring (bicyclic) bond motifs is 10. The Balaban J connectivity index is 1.06. The Kier molecular flexibility index (Phi) is 7.13. The third kappa shape index (κ3) is 4.89. The van der Waals surface area contributed by atoms with Crippen molar-refractivity contribution in [2.24, 2.45) is 0 Å². The molecule has 9 aromatic carbocycles. The quantitative estimate of drug-likeness (QED) is 0.166. The van der Waals surface area contributed by atoms with Crippen molar-refractivity contribution < 1.29 is 0 Å². The lowest BCUT2D eigenvalue weighted by Crippen LogP contribution is -1.95. The van der Waals surface area contributed by atoms with E-state index in [1.54, 1.807) is 0 Å². The molecule has 0 saturated heterocycles. The van der Waals surface area contributed by atoms with Crippen molar-refractivity contribution in [1.82, 2.24) is 9.13 Å². The molecule has 0 aliphatic carbocycles. The van der Waals surface area contributed by atoms with Gasteiger partial charge < -0.3 is 9.13 Å². The zero-order valence-corrected chi connectivity index (χ0v) is 31.7. The van der Waals surface area contributed by atoms with Gasteiger partial charge in [-0.3, -0.25) is 0 Å². The number of hydrogen-bond donors (Lipinski definition) is 0. The molecule has 266 valence electrons. The van der Waals surface area contributed by atoms with Crippen molar-refractivity contribution in [3.05, 3.63) is 206 Å². The van der Waals surface area contributed by atoms with Gasteiger partial charge in [0.15, 0.2) is 0 Å². The van der Waals surface area contributed by atoms with Gasteiger partial charge in [0.05, 0.1) is 22.1 Å². The summed E-state index contributed by atoms with van der Waals surface area (Å²) in [6, 6.07) is 75.4. The number of nitrogens with zero attached hydrogens (tertiary/aromatic N) is 2. The molecule has 0 unspecified atom stereocenters. The van der Waals surface area contributed by atoms with E-state index in [-0.39, 0.29) is 0 Å². The second-order valence-electron chi connectivity index (χ2n) is 14.9. The summed E-state index contributed by atoms with van der Waals surface area (Å²) in [5.74, 6) is 0. The molecule has 12 rings (SSSR count). The summed E-state index contributed by atoms with van der Waals surface area (Å²) in [6.45, 7) is 0. The van der Waals surface area contributed by atoms with Gasteiger partial charge in [0, 0.05) is 53.1 Å². The lowest BCUT2D eigenvalue weighted by atomic mass is 10.00. The maximum Gasteiger partial charge on any atom is 0.0548 e. The molecule has 3 heterocycles. The van der Waals surface area contributed by atoms with E-state index in [0.717, 1.165) is 11.4 Å². The van der Waals surface area contributed by atoms with Crippen molar-refractivity contribution in [2.75, 3.05) is 0 Å². The Morgan fingerprint density at radius 2 is 0.737 bits per heavy atom. The van der Waals surface area contributed by atoms with E-state index >= 15 is 0 Å². The second-order valence-corrected chi connectivity index (χ2v) is 15.9. The zero-order valence-electron chi connectivity index (χ0n) is 30.9. The number of benzene rings is 9. The maximum atomic E-state index is 2.47. The Bertz CT molecular complexity index is 3490. The van der Waals surface area contributed by atoms with Gasteiger partial charge in [-0.25, -0.2) is 0 Å². The van der Waals surface area contributed by atoms with Crippen LogP contribution in [0.5, 0.6) is 0 Å². The minimum Gasteiger partial charge on any atom is -0.309 e. The molecular weight excluding hydrogens is 709 g/mol. The van der Waals surface area contributed by atoms with Gasteiger partial charge in [0.25, 0.3) is 0 Å². The molecule has 0 aliphatic heterocycles. The van der Waals surface area contributed by atoms with Crippen LogP contribution < -0.4 is 0 Å². The summed E-state index contributed by atoms with van der Waals surface area (Å²) < 4.78 is 7.55. The molecule has 3 heteroatoms. The first-order chi connectivity index (χ1) is 28.3. The van der Waals surface area contributed by atoms with E-state index in [9.17, 15) is 0 Å². The molecule has 12 aromatic rings. The minimum atomic E-state index is 1.15. The monoisotopic (exact) mass is 742 g/mol. The fourth-order valence-electron chi connectivity index (χ4n) is 9.21. The normalized spacial score (nSPS) is 11.9. The molecule has 0 saturated carbocycles. The van der Waals surface area contributed by atoms with Crippen molar-refractivity contribution in [1.29, 1.82) is 0 Å². The van der Waals surface area contributed by atoms with Crippen LogP contribution in [-0.4, -0.2) is 9.13 Å². The van der Waals surface area contributed by atoms with Crippen molar-refractivity contribution in [3.8, 4) is 44.8 Å². The van der Waals surface area contributed by atoms with Crippen LogP contribution in [0.25, 0.3) is 109 Å². The molecule has 0 amide bonds. The summed E-state index contributed by atoms with van der Waals surface area (Å²) >= 11 is 1.91. The molecule has 57 heavy (non-hydrogen) atoms. The number of thiophene rings is 1. The predicted octanol–water partition coefficient (Wildman–Crippen LogP) is 15.2. The van der Waals surface area contributed by atoms with E-state index in [4.69, 9.17) is 0 Å². The highest BCUT2D eigenvalue weighted by Gasteiger charge is 2.21. The Labute approximate surface area is 333 Å². The van der Waals surface area contributed by atoms with Crippen molar-refractivity contribution in [3.63, 3.8) is 0 Å². The minimum absolute atomic E-state index is 1.15. The Hall–Kier alpha value is -7.20. The van der Waals surface area contributed by atoms with Crippen molar-refractivity contribution in [2.45, 2.75) is 0 Å². The molecule has 0 atom stereocenters. The van der Waals surface area contributed by atoms with E-state index in [0.29, 0.717) is 0 Å². The summed E-state index contributed by atoms with van der Waals surface area (Å²) in [4.78, 5) is 0. The van der Waals surface area contributed by atoms with Crippen LogP contribution in [0.4, 0.5) is 0 Å². The van der Waals surface area contributed by atoms with E-state index in [1.807, 2.05) is 11.3 Å². The number of para-hydroxylation sites is 2. The SMILES string of the molecule is c1ccc(-c2ccc(-n3c4ccccc4c4c5c6ccccc6n(-c6cccc(-c7cccc8c7sc7c(-c9ccccc9)cccc78)c6)c5ccc43)cc2)cc1. The van der Waals surface area contributed by atoms with Gasteiger partial charge in [-0.05, 0) is 81.9 Å². The number of rotatable bonds is 5. The second kappa shape index (κ2) is 12.7. The largest absolute Gasteiger partial charge is 0.309 e. The van der Waals surface area contributed by atoms with Gasteiger partial charge in [-0.2, -0.15) is 0 Å². The summed E-state index contributed by atoms with van der Waals surface area (Å²) in [6.07, 6.45) is 0. The van der Waals surface area contributed by atoms with Crippen LogP contribution in [0.3, 0.4) is 0 Å². The smallest absolute Gasteiger partial charge is 0.0548 e. The lowest BCUT2D eigenvalue weighted by molar-refractivity contribution is 1.17. The van der Waals surface area contributed by atoms with Crippen LogP contribution in [0.15, 0.2) is 206 Å². The third-order valence-corrected chi connectivity index (χ3v) is 13.0. The maximum absolute atomic E-state index is 2.47. The number of aromatic nitrogens is 2. The molecule has 0 N–H and O–H groups in total. The molecule has 3 aromatic heterocycles. The first-order valence-corrected chi connectivity index (χ1v) is 20.3. The molecule has 0 bridgehead atoms. The predicted molar refractivity (Wildman–Crippen MR) is 244 cm³/mol.